The van der Waals surface area contributed by atoms with Gasteiger partial charge in [-0.3, -0.25) is 0 Å². The first-order chi connectivity index (χ1) is 9.36. The normalized spacial score (nSPS) is 13.0. The lowest BCUT2D eigenvalue weighted by Gasteiger charge is -2.16. The van der Waals surface area contributed by atoms with Gasteiger partial charge in [0.05, 0.1) is 0 Å². The molecule has 1 heterocycles. The lowest BCUT2D eigenvalue weighted by molar-refractivity contribution is -0.141. The number of alkyl halides is 3. The summed E-state index contributed by atoms with van der Waals surface area (Å²) in [6.45, 7) is 1.82. The molecule has 0 aliphatic heterocycles. The van der Waals surface area contributed by atoms with Crippen LogP contribution in [0.15, 0.2) is 36.4 Å². The lowest BCUT2D eigenvalue weighted by Crippen LogP contribution is -2.14. The van der Waals surface area contributed by atoms with Crippen molar-refractivity contribution in [3.8, 4) is 0 Å². The molecular weight excluding hydrogens is 269 g/mol. The fourth-order valence-electron chi connectivity index (χ4n) is 1.73. The van der Waals surface area contributed by atoms with E-state index in [0.29, 0.717) is 0 Å². The molecule has 20 heavy (non-hydrogen) atoms. The van der Waals surface area contributed by atoms with E-state index in [2.05, 4.69) is 15.3 Å². The highest BCUT2D eigenvalue weighted by Crippen LogP contribution is 2.30. The van der Waals surface area contributed by atoms with Crippen LogP contribution >= 0.6 is 0 Å². The molecule has 0 aliphatic rings. The second-order valence-corrected chi connectivity index (χ2v) is 4.27. The van der Waals surface area contributed by atoms with Crippen LogP contribution in [0.4, 0.5) is 24.9 Å². The van der Waals surface area contributed by atoms with Gasteiger partial charge in [-0.05, 0) is 12.5 Å². The zero-order valence-electron chi connectivity index (χ0n) is 10.6. The average molecular weight is 282 g/mol. The minimum absolute atomic E-state index is 0.0428. The molecule has 106 valence electrons. The van der Waals surface area contributed by atoms with E-state index >= 15 is 0 Å². The van der Waals surface area contributed by atoms with Crippen LogP contribution in [0.25, 0.3) is 0 Å². The van der Waals surface area contributed by atoms with Crippen molar-refractivity contribution >= 4 is 11.8 Å². The van der Waals surface area contributed by atoms with Gasteiger partial charge in [-0.25, -0.2) is 4.98 Å². The number of nitrogens with zero attached hydrogens (tertiary/aromatic N) is 2. The van der Waals surface area contributed by atoms with Crippen LogP contribution in [0.5, 0.6) is 0 Å². The van der Waals surface area contributed by atoms with Crippen LogP contribution < -0.4 is 11.1 Å². The van der Waals surface area contributed by atoms with Gasteiger partial charge in [0.2, 0.25) is 5.95 Å². The summed E-state index contributed by atoms with van der Waals surface area (Å²) in [5.74, 6) is -0.372. The van der Waals surface area contributed by atoms with Gasteiger partial charge in [0.1, 0.15) is 5.82 Å². The van der Waals surface area contributed by atoms with E-state index in [9.17, 15) is 13.2 Å². The molecule has 0 spiro atoms. The molecule has 4 nitrogen and oxygen atoms in total. The van der Waals surface area contributed by atoms with Crippen molar-refractivity contribution in [1.82, 2.24) is 9.97 Å². The van der Waals surface area contributed by atoms with Crippen molar-refractivity contribution in [3.05, 3.63) is 47.7 Å². The third-order valence-corrected chi connectivity index (χ3v) is 2.70. The summed E-state index contributed by atoms with van der Waals surface area (Å²) in [4.78, 5) is 6.96. The van der Waals surface area contributed by atoms with Gasteiger partial charge in [-0.2, -0.15) is 18.2 Å². The summed E-state index contributed by atoms with van der Waals surface area (Å²) in [7, 11) is 0. The van der Waals surface area contributed by atoms with E-state index in [0.717, 1.165) is 11.6 Å². The monoisotopic (exact) mass is 282 g/mol. The zero-order chi connectivity index (χ0) is 14.8. The maximum absolute atomic E-state index is 12.6. The summed E-state index contributed by atoms with van der Waals surface area (Å²) in [5, 5.41) is 2.88. The van der Waals surface area contributed by atoms with Crippen LogP contribution in [-0.2, 0) is 6.18 Å². The SMILES string of the molecule is C[C@H](Nc1cc(C(F)(F)F)nc(N)n1)c1ccccc1. The Balaban J connectivity index is 2.24. The Morgan fingerprint density at radius 1 is 1.15 bits per heavy atom. The molecule has 2 aromatic rings. The molecule has 1 aromatic carbocycles. The van der Waals surface area contributed by atoms with Gasteiger partial charge >= 0.3 is 6.18 Å². The first-order valence-corrected chi connectivity index (χ1v) is 5.89. The number of halogens is 3. The quantitative estimate of drug-likeness (QED) is 0.907. The second kappa shape index (κ2) is 5.36. The molecule has 1 atom stereocenters. The van der Waals surface area contributed by atoms with Gasteiger partial charge in [0, 0.05) is 12.1 Å². The van der Waals surface area contributed by atoms with E-state index in [4.69, 9.17) is 5.73 Å². The summed E-state index contributed by atoms with van der Waals surface area (Å²) in [6.07, 6.45) is -4.55. The zero-order valence-corrected chi connectivity index (χ0v) is 10.6. The number of rotatable bonds is 3. The maximum atomic E-state index is 12.6. The number of hydrogen-bond acceptors (Lipinski definition) is 4. The molecule has 2 rings (SSSR count). The smallest absolute Gasteiger partial charge is 0.368 e. The Morgan fingerprint density at radius 3 is 2.40 bits per heavy atom. The third kappa shape index (κ3) is 3.37. The highest BCUT2D eigenvalue weighted by Gasteiger charge is 2.33. The number of nitrogens with two attached hydrogens (primary N) is 1. The molecule has 0 saturated carbocycles. The van der Waals surface area contributed by atoms with Crippen molar-refractivity contribution in [2.75, 3.05) is 11.1 Å². The van der Waals surface area contributed by atoms with E-state index < -0.39 is 17.8 Å². The number of benzene rings is 1. The van der Waals surface area contributed by atoms with Crippen LogP contribution in [0.1, 0.15) is 24.2 Å². The van der Waals surface area contributed by atoms with Gasteiger partial charge in [0.15, 0.2) is 5.69 Å². The summed E-state index contributed by atoms with van der Waals surface area (Å²) in [6, 6.07) is 9.94. The summed E-state index contributed by atoms with van der Waals surface area (Å²) >= 11 is 0. The predicted molar refractivity (Wildman–Crippen MR) is 69.9 cm³/mol. The molecule has 0 fully saturated rings. The van der Waals surface area contributed by atoms with Crippen molar-refractivity contribution < 1.29 is 13.2 Å². The van der Waals surface area contributed by atoms with Crippen molar-refractivity contribution in [2.45, 2.75) is 19.1 Å². The molecular formula is C13H13F3N4. The molecule has 7 heteroatoms. The topological polar surface area (TPSA) is 63.8 Å². The van der Waals surface area contributed by atoms with Crippen LogP contribution in [0, 0.1) is 0 Å². The molecule has 3 N–H and O–H groups in total. The highest BCUT2D eigenvalue weighted by atomic mass is 19.4. The Kier molecular flexibility index (Phi) is 3.78. The number of anilines is 2. The van der Waals surface area contributed by atoms with E-state index in [1.807, 2.05) is 37.3 Å². The van der Waals surface area contributed by atoms with E-state index in [1.165, 1.54) is 0 Å². The Bertz CT molecular complexity index is 584. The number of hydrogen-bond donors (Lipinski definition) is 2. The molecule has 0 amide bonds. The molecule has 0 bridgehead atoms. The van der Waals surface area contributed by atoms with E-state index in [-0.39, 0.29) is 11.9 Å². The molecule has 0 unspecified atom stereocenters. The first-order valence-electron chi connectivity index (χ1n) is 5.89. The van der Waals surface area contributed by atoms with Gasteiger partial charge in [0.25, 0.3) is 0 Å². The fourth-order valence-corrected chi connectivity index (χ4v) is 1.73. The maximum Gasteiger partial charge on any atom is 0.433 e. The summed E-state index contributed by atoms with van der Waals surface area (Å²) in [5.41, 5.74) is 5.17. The Morgan fingerprint density at radius 2 is 1.80 bits per heavy atom. The fraction of sp³-hybridized carbons (Fsp3) is 0.231. The number of nitrogen functional groups attached to an aromatic ring is 1. The van der Waals surface area contributed by atoms with Crippen molar-refractivity contribution in [2.24, 2.45) is 0 Å². The minimum Gasteiger partial charge on any atom is -0.368 e. The molecule has 0 saturated heterocycles. The second-order valence-electron chi connectivity index (χ2n) is 4.27. The third-order valence-electron chi connectivity index (χ3n) is 2.70. The van der Waals surface area contributed by atoms with Crippen LogP contribution in [0.2, 0.25) is 0 Å². The highest BCUT2D eigenvalue weighted by molar-refractivity contribution is 5.43. The number of nitrogens with one attached hydrogen (secondary N) is 1. The first kappa shape index (κ1) is 14.1. The van der Waals surface area contributed by atoms with E-state index in [1.54, 1.807) is 0 Å². The largest absolute Gasteiger partial charge is 0.433 e. The molecule has 0 radical (unpaired) electrons. The lowest BCUT2D eigenvalue weighted by atomic mass is 10.1. The van der Waals surface area contributed by atoms with Gasteiger partial charge < -0.3 is 11.1 Å². The summed E-state index contributed by atoms with van der Waals surface area (Å²) < 4.78 is 37.9. The van der Waals surface area contributed by atoms with Crippen molar-refractivity contribution in [1.29, 1.82) is 0 Å². The average Bonchev–Trinajstić information content (AvgIpc) is 2.38. The minimum atomic E-state index is -4.55. The van der Waals surface area contributed by atoms with Gasteiger partial charge in [-0.15, -0.1) is 0 Å². The molecule has 0 aliphatic carbocycles. The number of aromatic nitrogens is 2. The Labute approximate surface area is 113 Å². The van der Waals surface area contributed by atoms with Crippen molar-refractivity contribution in [3.63, 3.8) is 0 Å². The standard InChI is InChI=1S/C13H13F3N4/c1-8(9-5-3-2-4-6-9)18-11-7-10(13(14,15)16)19-12(17)20-11/h2-8H,1H3,(H3,17,18,19,20)/t8-/m0/s1. The van der Waals surface area contributed by atoms with Gasteiger partial charge in [-0.1, -0.05) is 30.3 Å². The van der Waals surface area contributed by atoms with Crippen LogP contribution in [0.3, 0.4) is 0 Å². The Hall–Kier alpha value is -2.31. The van der Waals surface area contributed by atoms with Crippen LogP contribution in [-0.4, -0.2) is 9.97 Å². The predicted octanol–water partition coefficient (Wildman–Crippen LogP) is 3.25. The molecule has 1 aromatic heterocycles.